The van der Waals surface area contributed by atoms with Gasteiger partial charge in [0.25, 0.3) is 0 Å². The average molecular weight is 223 g/mol. The molecule has 16 heavy (non-hydrogen) atoms. The van der Waals surface area contributed by atoms with Crippen LogP contribution in [0.1, 0.15) is 25.0 Å². The third kappa shape index (κ3) is 3.15. The van der Waals surface area contributed by atoms with Crippen molar-refractivity contribution in [2.75, 3.05) is 13.2 Å². The van der Waals surface area contributed by atoms with E-state index in [2.05, 4.69) is 9.97 Å². The summed E-state index contributed by atoms with van der Waals surface area (Å²) in [5.41, 5.74) is 6.21. The molecule has 0 spiro atoms. The molecule has 2 N–H and O–H groups in total. The molecule has 5 nitrogen and oxygen atoms in total. The standard InChI is InChI=1S/C11H17N3O2/c12-5-9-6-13-7-11(14-9)16-8-10-3-1-2-4-15-10/h6-7,10H,1-5,8,12H2. The van der Waals surface area contributed by atoms with Crippen molar-refractivity contribution in [2.24, 2.45) is 5.73 Å². The molecule has 88 valence electrons. The van der Waals surface area contributed by atoms with E-state index in [4.69, 9.17) is 15.2 Å². The van der Waals surface area contributed by atoms with Crippen LogP contribution >= 0.6 is 0 Å². The van der Waals surface area contributed by atoms with E-state index in [0.29, 0.717) is 19.0 Å². The zero-order chi connectivity index (χ0) is 11.2. The lowest BCUT2D eigenvalue weighted by molar-refractivity contribution is -0.0120. The lowest BCUT2D eigenvalue weighted by Gasteiger charge is -2.22. The molecule has 0 bridgehead atoms. The molecule has 1 aromatic heterocycles. The molecule has 1 aliphatic heterocycles. The second kappa shape index (κ2) is 5.77. The van der Waals surface area contributed by atoms with Crippen LogP contribution in [0.4, 0.5) is 0 Å². The fourth-order valence-corrected chi connectivity index (χ4v) is 1.67. The Morgan fingerprint density at radius 1 is 1.44 bits per heavy atom. The molecule has 1 saturated heterocycles. The van der Waals surface area contributed by atoms with Crippen molar-refractivity contribution in [3.05, 3.63) is 18.1 Å². The van der Waals surface area contributed by atoms with Gasteiger partial charge >= 0.3 is 0 Å². The Morgan fingerprint density at radius 2 is 2.38 bits per heavy atom. The lowest BCUT2D eigenvalue weighted by atomic mass is 10.1. The van der Waals surface area contributed by atoms with Gasteiger partial charge in [-0.2, -0.15) is 0 Å². The summed E-state index contributed by atoms with van der Waals surface area (Å²) >= 11 is 0. The normalized spacial score (nSPS) is 20.7. The zero-order valence-corrected chi connectivity index (χ0v) is 9.26. The number of nitrogens with zero attached hydrogens (tertiary/aromatic N) is 2. The highest BCUT2D eigenvalue weighted by atomic mass is 16.5. The Hall–Kier alpha value is -1.20. The number of ether oxygens (including phenoxy) is 2. The first-order chi connectivity index (χ1) is 7.88. The quantitative estimate of drug-likeness (QED) is 0.820. The lowest BCUT2D eigenvalue weighted by Crippen LogP contribution is -2.26. The van der Waals surface area contributed by atoms with Crippen molar-refractivity contribution in [3.8, 4) is 5.88 Å². The summed E-state index contributed by atoms with van der Waals surface area (Å²) in [6.07, 6.45) is 6.86. The molecule has 2 heterocycles. The number of nitrogens with two attached hydrogens (primary N) is 1. The van der Waals surface area contributed by atoms with E-state index in [1.165, 1.54) is 6.42 Å². The maximum atomic E-state index is 5.56. The predicted molar refractivity (Wildman–Crippen MR) is 59.0 cm³/mol. The highest BCUT2D eigenvalue weighted by Gasteiger charge is 2.14. The molecule has 1 unspecified atom stereocenters. The second-order valence-corrected chi connectivity index (χ2v) is 3.85. The fraction of sp³-hybridized carbons (Fsp3) is 0.636. The minimum atomic E-state index is 0.192. The molecule has 1 fully saturated rings. The fourth-order valence-electron chi connectivity index (χ4n) is 1.67. The summed E-state index contributed by atoms with van der Waals surface area (Å²) in [4.78, 5) is 8.22. The molecule has 5 heteroatoms. The largest absolute Gasteiger partial charge is 0.474 e. The number of aromatic nitrogens is 2. The Kier molecular flexibility index (Phi) is 4.07. The van der Waals surface area contributed by atoms with Crippen LogP contribution in [0.5, 0.6) is 5.88 Å². The van der Waals surface area contributed by atoms with Crippen LogP contribution in [0.25, 0.3) is 0 Å². The maximum absolute atomic E-state index is 5.56. The third-order valence-corrected chi connectivity index (χ3v) is 2.56. The van der Waals surface area contributed by atoms with Crippen LogP contribution < -0.4 is 10.5 Å². The van der Waals surface area contributed by atoms with E-state index < -0.39 is 0 Å². The Bertz CT molecular complexity index is 327. The smallest absolute Gasteiger partial charge is 0.232 e. The van der Waals surface area contributed by atoms with Crippen LogP contribution in [-0.2, 0) is 11.3 Å². The molecule has 0 aromatic carbocycles. The Labute approximate surface area is 95.0 Å². The first-order valence-electron chi connectivity index (χ1n) is 5.64. The van der Waals surface area contributed by atoms with E-state index in [9.17, 15) is 0 Å². The van der Waals surface area contributed by atoms with E-state index >= 15 is 0 Å². The van der Waals surface area contributed by atoms with Crippen molar-refractivity contribution >= 4 is 0 Å². The van der Waals surface area contributed by atoms with Gasteiger partial charge in [0.05, 0.1) is 18.0 Å². The van der Waals surface area contributed by atoms with E-state index in [0.717, 1.165) is 25.1 Å². The van der Waals surface area contributed by atoms with Crippen molar-refractivity contribution < 1.29 is 9.47 Å². The van der Waals surface area contributed by atoms with Crippen LogP contribution in [0, 0.1) is 0 Å². The first-order valence-corrected chi connectivity index (χ1v) is 5.64. The maximum Gasteiger partial charge on any atom is 0.232 e. The predicted octanol–water partition coefficient (Wildman–Crippen LogP) is 0.883. The summed E-state index contributed by atoms with van der Waals surface area (Å²) < 4.78 is 11.1. The second-order valence-electron chi connectivity index (χ2n) is 3.85. The summed E-state index contributed by atoms with van der Waals surface area (Å²) in [5.74, 6) is 0.525. The monoisotopic (exact) mass is 223 g/mol. The zero-order valence-electron chi connectivity index (χ0n) is 9.26. The molecule has 0 amide bonds. The number of rotatable bonds is 4. The minimum Gasteiger partial charge on any atom is -0.474 e. The average Bonchev–Trinajstić information content (AvgIpc) is 2.38. The summed E-state index contributed by atoms with van der Waals surface area (Å²) in [6, 6.07) is 0. The first kappa shape index (κ1) is 11.3. The van der Waals surface area contributed by atoms with Gasteiger partial charge in [-0.15, -0.1) is 0 Å². The molecular formula is C11H17N3O2. The van der Waals surface area contributed by atoms with Crippen LogP contribution in [-0.4, -0.2) is 29.3 Å². The van der Waals surface area contributed by atoms with Gasteiger partial charge in [-0.1, -0.05) is 0 Å². The molecule has 1 atom stereocenters. The number of hydrogen-bond donors (Lipinski definition) is 1. The highest BCUT2D eigenvalue weighted by Crippen LogP contribution is 2.14. The van der Waals surface area contributed by atoms with Gasteiger partial charge in [-0.05, 0) is 19.3 Å². The third-order valence-electron chi connectivity index (χ3n) is 2.56. The Balaban J connectivity index is 1.83. The molecule has 0 radical (unpaired) electrons. The molecule has 1 aliphatic rings. The molecule has 0 saturated carbocycles. The highest BCUT2D eigenvalue weighted by molar-refractivity contribution is 5.08. The van der Waals surface area contributed by atoms with Crippen LogP contribution in [0.3, 0.4) is 0 Å². The van der Waals surface area contributed by atoms with Crippen LogP contribution in [0.2, 0.25) is 0 Å². The SMILES string of the molecule is NCc1cncc(OCC2CCCCO2)n1. The van der Waals surface area contributed by atoms with Crippen molar-refractivity contribution in [2.45, 2.75) is 31.9 Å². The van der Waals surface area contributed by atoms with Gasteiger partial charge in [0.15, 0.2) is 0 Å². The summed E-state index contributed by atoms with van der Waals surface area (Å²) in [6.45, 7) is 1.76. The minimum absolute atomic E-state index is 0.192. The van der Waals surface area contributed by atoms with E-state index in [-0.39, 0.29) is 6.10 Å². The van der Waals surface area contributed by atoms with Gasteiger partial charge in [0.1, 0.15) is 6.61 Å². The van der Waals surface area contributed by atoms with Gasteiger partial charge in [-0.3, -0.25) is 4.98 Å². The molecule has 1 aromatic rings. The van der Waals surface area contributed by atoms with Gasteiger partial charge in [0, 0.05) is 19.3 Å². The topological polar surface area (TPSA) is 70.3 Å². The Morgan fingerprint density at radius 3 is 3.12 bits per heavy atom. The molecule has 0 aliphatic carbocycles. The van der Waals surface area contributed by atoms with Crippen LogP contribution in [0.15, 0.2) is 12.4 Å². The van der Waals surface area contributed by atoms with E-state index in [1.54, 1.807) is 12.4 Å². The molecular weight excluding hydrogens is 206 g/mol. The van der Waals surface area contributed by atoms with E-state index in [1.807, 2.05) is 0 Å². The van der Waals surface area contributed by atoms with Crippen molar-refractivity contribution in [3.63, 3.8) is 0 Å². The van der Waals surface area contributed by atoms with Gasteiger partial charge < -0.3 is 15.2 Å². The van der Waals surface area contributed by atoms with Crippen molar-refractivity contribution in [1.29, 1.82) is 0 Å². The van der Waals surface area contributed by atoms with Gasteiger partial charge in [-0.25, -0.2) is 4.98 Å². The number of hydrogen-bond acceptors (Lipinski definition) is 5. The van der Waals surface area contributed by atoms with Crippen molar-refractivity contribution in [1.82, 2.24) is 9.97 Å². The summed E-state index contributed by atoms with van der Waals surface area (Å²) in [5, 5.41) is 0. The summed E-state index contributed by atoms with van der Waals surface area (Å²) in [7, 11) is 0. The molecule has 2 rings (SSSR count). The van der Waals surface area contributed by atoms with Gasteiger partial charge in [0.2, 0.25) is 5.88 Å².